The molecule has 1 aliphatic rings. The first-order chi connectivity index (χ1) is 13.9. The minimum absolute atomic E-state index is 0.139. The summed E-state index contributed by atoms with van der Waals surface area (Å²) in [6, 6.07) is 9.63. The van der Waals surface area contributed by atoms with E-state index in [1.165, 1.54) is 7.11 Å². The summed E-state index contributed by atoms with van der Waals surface area (Å²) in [4.78, 5) is 26.4. The maximum atomic E-state index is 13.7. The fourth-order valence-electron chi connectivity index (χ4n) is 3.54. The highest BCUT2D eigenvalue weighted by Gasteiger charge is 2.30. The third-order valence-electron chi connectivity index (χ3n) is 5.16. The van der Waals surface area contributed by atoms with Crippen LogP contribution in [-0.2, 0) is 9.53 Å². The number of likely N-dealkylation sites (tertiary alicyclic amines) is 1. The molecule has 2 aromatic rings. The standard InChI is InChI=1S/C21H23FN2O5/c1-29-20(27)19(14-5-3-2-4-6-14)23-21(28)24-9-7-13(8-10-24)15-11-16(22)18(26)12-17(15)25/h2-6,11-13,19,25-26H,7-10H2,1H3,(H,23,28)/t19-/m1/s1. The zero-order chi connectivity index (χ0) is 21.0. The molecule has 8 heteroatoms. The fraction of sp³-hybridized carbons (Fsp3) is 0.333. The summed E-state index contributed by atoms with van der Waals surface area (Å²) in [6.45, 7) is 0.752. The van der Waals surface area contributed by atoms with Gasteiger partial charge in [-0.25, -0.2) is 14.0 Å². The molecule has 3 rings (SSSR count). The molecule has 0 unspecified atom stereocenters. The normalized spacial score (nSPS) is 15.6. The number of esters is 1. The van der Waals surface area contributed by atoms with Crippen molar-refractivity contribution in [3.8, 4) is 11.5 Å². The predicted octanol–water partition coefficient (Wildman–Crippen LogP) is 3.04. The molecule has 1 fully saturated rings. The summed E-state index contributed by atoms with van der Waals surface area (Å²) in [7, 11) is 1.26. The molecule has 2 amide bonds. The van der Waals surface area contributed by atoms with Crippen molar-refractivity contribution in [2.24, 2.45) is 0 Å². The van der Waals surface area contributed by atoms with E-state index < -0.39 is 29.6 Å². The van der Waals surface area contributed by atoms with E-state index in [0.29, 0.717) is 37.1 Å². The molecule has 29 heavy (non-hydrogen) atoms. The molecule has 3 N–H and O–H groups in total. The van der Waals surface area contributed by atoms with E-state index in [1.807, 2.05) is 6.07 Å². The van der Waals surface area contributed by atoms with Gasteiger partial charge in [0, 0.05) is 24.7 Å². The first-order valence-corrected chi connectivity index (χ1v) is 9.30. The molecule has 0 radical (unpaired) electrons. The van der Waals surface area contributed by atoms with E-state index >= 15 is 0 Å². The Morgan fingerprint density at radius 1 is 1.14 bits per heavy atom. The van der Waals surface area contributed by atoms with Crippen LogP contribution in [0.5, 0.6) is 11.5 Å². The van der Waals surface area contributed by atoms with Crippen LogP contribution in [-0.4, -0.2) is 47.3 Å². The summed E-state index contributed by atoms with van der Waals surface area (Å²) in [5.41, 5.74) is 1.03. The van der Waals surface area contributed by atoms with Crippen LogP contribution in [0.2, 0.25) is 0 Å². The second-order valence-corrected chi connectivity index (χ2v) is 6.94. The largest absolute Gasteiger partial charge is 0.508 e. The first-order valence-electron chi connectivity index (χ1n) is 9.30. The smallest absolute Gasteiger partial charge is 0.333 e. The number of hydrogen-bond donors (Lipinski definition) is 3. The highest BCUT2D eigenvalue weighted by molar-refractivity contribution is 5.84. The fourth-order valence-corrected chi connectivity index (χ4v) is 3.54. The predicted molar refractivity (Wildman–Crippen MR) is 103 cm³/mol. The Morgan fingerprint density at radius 3 is 2.41 bits per heavy atom. The molecule has 1 aliphatic heterocycles. The van der Waals surface area contributed by atoms with Gasteiger partial charge in [-0.2, -0.15) is 0 Å². The number of aromatic hydroxyl groups is 2. The molecule has 0 saturated carbocycles. The van der Waals surface area contributed by atoms with Gasteiger partial charge in [-0.1, -0.05) is 30.3 Å². The lowest BCUT2D eigenvalue weighted by atomic mass is 9.88. The Labute approximate surface area is 167 Å². The van der Waals surface area contributed by atoms with Gasteiger partial charge in [-0.05, 0) is 30.4 Å². The maximum Gasteiger partial charge on any atom is 0.333 e. The van der Waals surface area contributed by atoms with Crippen molar-refractivity contribution in [1.29, 1.82) is 0 Å². The average molecular weight is 402 g/mol. The van der Waals surface area contributed by atoms with Crippen molar-refractivity contribution < 1.29 is 28.9 Å². The van der Waals surface area contributed by atoms with E-state index in [-0.39, 0.29) is 11.7 Å². The zero-order valence-electron chi connectivity index (χ0n) is 16.0. The minimum atomic E-state index is -0.915. The molecule has 0 bridgehead atoms. The van der Waals surface area contributed by atoms with Gasteiger partial charge in [-0.15, -0.1) is 0 Å². The van der Waals surface area contributed by atoms with Crippen LogP contribution in [0.15, 0.2) is 42.5 Å². The number of methoxy groups -OCH3 is 1. The van der Waals surface area contributed by atoms with Crippen molar-refractivity contribution >= 4 is 12.0 Å². The van der Waals surface area contributed by atoms with Crippen molar-refractivity contribution in [2.75, 3.05) is 20.2 Å². The second-order valence-electron chi connectivity index (χ2n) is 6.94. The lowest BCUT2D eigenvalue weighted by Gasteiger charge is -2.33. The summed E-state index contributed by atoms with van der Waals surface area (Å²) in [6.07, 6.45) is 1.03. The maximum absolute atomic E-state index is 13.7. The number of ether oxygens (including phenoxy) is 1. The van der Waals surface area contributed by atoms with Crippen molar-refractivity contribution in [2.45, 2.75) is 24.8 Å². The van der Waals surface area contributed by atoms with Crippen LogP contribution in [0.3, 0.4) is 0 Å². The molecule has 0 aliphatic carbocycles. The van der Waals surface area contributed by atoms with E-state index in [0.717, 1.165) is 12.1 Å². The second kappa shape index (κ2) is 8.81. The third kappa shape index (κ3) is 4.59. The lowest BCUT2D eigenvalue weighted by molar-refractivity contribution is -0.143. The Balaban J connectivity index is 1.65. The molecule has 1 saturated heterocycles. The molecule has 0 aromatic heterocycles. The number of rotatable bonds is 4. The van der Waals surface area contributed by atoms with Crippen molar-refractivity contribution in [3.05, 3.63) is 59.4 Å². The molecule has 1 atom stereocenters. The monoisotopic (exact) mass is 402 g/mol. The molecular weight excluding hydrogens is 379 g/mol. The summed E-state index contributed by atoms with van der Waals surface area (Å²) in [5.74, 6) is -2.26. The van der Waals surface area contributed by atoms with Gasteiger partial charge in [0.05, 0.1) is 7.11 Å². The molecule has 1 heterocycles. The summed E-state index contributed by atoms with van der Waals surface area (Å²) < 4.78 is 18.5. The Morgan fingerprint density at radius 2 is 1.79 bits per heavy atom. The number of carbonyl (C=O) groups excluding carboxylic acids is 2. The average Bonchev–Trinajstić information content (AvgIpc) is 2.74. The number of hydrogen-bond acceptors (Lipinski definition) is 5. The lowest BCUT2D eigenvalue weighted by Crippen LogP contribution is -2.47. The highest BCUT2D eigenvalue weighted by atomic mass is 19.1. The van der Waals surface area contributed by atoms with E-state index in [2.05, 4.69) is 5.32 Å². The Kier molecular flexibility index (Phi) is 6.21. The number of urea groups is 1. The van der Waals surface area contributed by atoms with E-state index in [1.54, 1.807) is 29.2 Å². The van der Waals surface area contributed by atoms with Crippen LogP contribution < -0.4 is 5.32 Å². The van der Waals surface area contributed by atoms with E-state index in [9.17, 15) is 24.2 Å². The van der Waals surface area contributed by atoms with Crippen LogP contribution in [0.1, 0.15) is 35.9 Å². The number of phenols is 2. The van der Waals surface area contributed by atoms with Crippen LogP contribution >= 0.6 is 0 Å². The van der Waals surface area contributed by atoms with Gasteiger partial charge in [0.15, 0.2) is 17.6 Å². The van der Waals surface area contributed by atoms with Gasteiger partial charge < -0.3 is 25.2 Å². The quantitative estimate of drug-likeness (QED) is 0.683. The van der Waals surface area contributed by atoms with Gasteiger partial charge in [0.25, 0.3) is 0 Å². The van der Waals surface area contributed by atoms with Crippen molar-refractivity contribution in [1.82, 2.24) is 10.2 Å². The van der Waals surface area contributed by atoms with Gasteiger partial charge in [-0.3, -0.25) is 0 Å². The number of piperidine rings is 1. The number of nitrogens with one attached hydrogen (secondary N) is 1. The first kappa shape index (κ1) is 20.4. The minimum Gasteiger partial charge on any atom is -0.508 e. The van der Waals surface area contributed by atoms with Crippen LogP contribution in [0.4, 0.5) is 9.18 Å². The van der Waals surface area contributed by atoms with Crippen molar-refractivity contribution in [3.63, 3.8) is 0 Å². The molecular formula is C21H23FN2O5. The number of carbonyl (C=O) groups is 2. The Hall–Kier alpha value is -3.29. The van der Waals surface area contributed by atoms with Crippen LogP contribution in [0.25, 0.3) is 0 Å². The Bertz CT molecular complexity index is 882. The van der Waals surface area contributed by atoms with Gasteiger partial charge >= 0.3 is 12.0 Å². The SMILES string of the molecule is COC(=O)[C@H](NC(=O)N1CCC(c2cc(F)c(O)cc2O)CC1)c1ccccc1. The number of halogens is 1. The summed E-state index contributed by atoms with van der Waals surface area (Å²) in [5, 5.41) is 22.1. The summed E-state index contributed by atoms with van der Waals surface area (Å²) >= 11 is 0. The van der Waals surface area contributed by atoms with Crippen LogP contribution in [0, 0.1) is 5.82 Å². The third-order valence-corrected chi connectivity index (χ3v) is 5.16. The molecule has 0 spiro atoms. The number of phenolic OH excluding ortho intramolecular Hbond substituents is 2. The number of amides is 2. The van der Waals surface area contributed by atoms with E-state index in [4.69, 9.17) is 4.74 Å². The number of nitrogens with zero attached hydrogens (tertiary/aromatic N) is 1. The molecule has 7 nitrogen and oxygen atoms in total. The topological polar surface area (TPSA) is 99.1 Å². The highest BCUT2D eigenvalue weighted by Crippen LogP contribution is 2.37. The van der Waals surface area contributed by atoms with Gasteiger partial charge in [0.1, 0.15) is 5.75 Å². The molecule has 154 valence electrons. The van der Waals surface area contributed by atoms with Gasteiger partial charge in [0.2, 0.25) is 0 Å². The zero-order valence-corrected chi connectivity index (χ0v) is 16.0. The number of benzene rings is 2. The molecule has 2 aromatic carbocycles.